The van der Waals surface area contributed by atoms with Gasteiger partial charge in [-0.3, -0.25) is 4.72 Å². The second kappa shape index (κ2) is 4.61. The predicted molar refractivity (Wildman–Crippen MR) is 67.3 cm³/mol. The number of halogens is 1. The van der Waals surface area contributed by atoms with Gasteiger partial charge in [-0.25, -0.2) is 8.42 Å². The van der Waals surface area contributed by atoms with Crippen molar-refractivity contribution in [1.29, 1.82) is 0 Å². The van der Waals surface area contributed by atoms with Gasteiger partial charge in [0.1, 0.15) is 0 Å². The second-order valence-electron chi connectivity index (χ2n) is 3.86. The Kier molecular flexibility index (Phi) is 3.83. The quantitative estimate of drug-likeness (QED) is 0.876. The van der Waals surface area contributed by atoms with Crippen LogP contribution in [-0.4, -0.2) is 14.7 Å². The number of nitrogens with one attached hydrogen (secondary N) is 1. The van der Waals surface area contributed by atoms with Gasteiger partial charge in [0.05, 0.1) is 17.0 Å². The zero-order chi connectivity index (χ0) is 12.5. The molecule has 0 aliphatic heterocycles. The molecule has 0 spiro atoms. The van der Waals surface area contributed by atoms with E-state index in [0.717, 1.165) is 17.4 Å². The van der Waals surface area contributed by atoms with E-state index in [9.17, 15) is 8.42 Å². The van der Waals surface area contributed by atoms with Crippen molar-refractivity contribution in [3.63, 3.8) is 0 Å². The molecular formula is C10H15ClN2O2S. The van der Waals surface area contributed by atoms with Crippen molar-refractivity contribution < 1.29 is 8.42 Å². The van der Waals surface area contributed by atoms with Crippen molar-refractivity contribution >= 4 is 27.3 Å². The van der Waals surface area contributed by atoms with E-state index in [2.05, 4.69) is 4.72 Å². The summed E-state index contributed by atoms with van der Waals surface area (Å²) in [5.41, 5.74) is 7.77. The second-order valence-corrected chi connectivity index (χ2v) is 6.01. The molecule has 16 heavy (non-hydrogen) atoms. The predicted octanol–water partition coefficient (Wildman–Crippen LogP) is 2.04. The van der Waals surface area contributed by atoms with Gasteiger partial charge in [0.25, 0.3) is 0 Å². The van der Waals surface area contributed by atoms with Crippen molar-refractivity contribution in [3.05, 3.63) is 28.3 Å². The molecule has 0 unspecified atom stereocenters. The Bertz CT molecular complexity index is 475. The van der Waals surface area contributed by atoms with Crippen LogP contribution in [0.4, 0.5) is 5.69 Å². The number of rotatable bonds is 3. The number of anilines is 1. The van der Waals surface area contributed by atoms with Crippen LogP contribution in [0.3, 0.4) is 0 Å². The Morgan fingerprint density at radius 1 is 1.44 bits per heavy atom. The van der Waals surface area contributed by atoms with E-state index in [1.165, 1.54) is 0 Å². The van der Waals surface area contributed by atoms with Gasteiger partial charge in [-0.1, -0.05) is 17.7 Å². The monoisotopic (exact) mass is 262 g/mol. The molecule has 0 amide bonds. The van der Waals surface area contributed by atoms with Crippen LogP contribution in [0.1, 0.15) is 24.1 Å². The maximum absolute atomic E-state index is 11.1. The molecule has 0 radical (unpaired) electrons. The van der Waals surface area contributed by atoms with Gasteiger partial charge in [-0.15, -0.1) is 0 Å². The van der Waals surface area contributed by atoms with Crippen LogP contribution in [0, 0.1) is 6.92 Å². The molecule has 4 nitrogen and oxygen atoms in total. The first-order valence-electron chi connectivity index (χ1n) is 4.74. The summed E-state index contributed by atoms with van der Waals surface area (Å²) in [5.74, 6) is 0. The molecule has 3 N–H and O–H groups in total. The first kappa shape index (κ1) is 13.3. The lowest BCUT2D eigenvalue weighted by Crippen LogP contribution is -2.12. The maximum atomic E-state index is 11.1. The fourth-order valence-corrected chi connectivity index (χ4v) is 2.37. The molecule has 1 aromatic carbocycles. The van der Waals surface area contributed by atoms with E-state index in [0.29, 0.717) is 10.7 Å². The number of hydrogen-bond acceptors (Lipinski definition) is 3. The Morgan fingerprint density at radius 2 is 2.00 bits per heavy atom. The molecule has 0 saturated heterocycles. The van der Waals surface area contributed by atoms with Crippen molar-refractivity contribution in [3.8, 4) is 0 Å². The van der Waals surface area contributed by atoms with E-state index < -0.39 is 10.0 Å². The standard InChI is InChI=1S/C10H15ClN2O2S/c1-6-4-8(7(2)12)5-9(11)10(6)13-16(3,14)15/h4-5,7,13H,12H2,1-3H3/t7-/m1/s1. The Hall–Kier alpha value is -0.780. The highest BCUT2D eigenvalue weighted by Gasteiger charge is 2.12. The van der Waals surface area contributed by atoms with Crippen LogP contribution in [0.5, 0.6) is 0 Å². The maximum Gasteiger partial charge on any atom is 0.229 e. The molecule has 0 aliphatic carbocycles. The van der Waals surface area contributed by atoms with E-state index in [-0.39, 0.29) is 6.04 Å². The molecule has 1 rings (SSSR count). The topological polar surface area (TPSA) is 72.2 Å². The van der Waals surface area contributed by atoms with Gasteiger partial charge >= 0.3 is 0 Å². The van der Waals surface area contributed by atoms with Crippen LogP contribution >= 0.6 is 11.6 Å². The highest BCUT2D eigenvalue weighted by molar-refractivity contribution is 7.92. The lowest BCUT2D eigenvalue weighted by Gasteiger charge is -2.13. The third-order valence-corrected chi connectivity index (χ3v) is 3.00. The molecule has 6 heteroatoms. The molecular weight excluding hydrogens is 248 g/mol. The fourth-order valence-electron chi connectivity index (χ4n) is 1.35. The molecule has 0 fully saturated rings. The van der Waals surface area contributed by atoms with Crippen molar-refractivity contribution in [2.75, 3.05) is 11.0 Å². The molecule has 1 atom stereocenters. The fraction of sp³-hybridized carbons (Fsp3) is 0.400. The van der Waals surface area contributed by atoms with E-state index in [1.54, 1.807) is 13.0 Å². The zero-order valence-corrected chi connectivity index (χ0v) is 11.0. The summed E-state index contributed by atoms with van der Waals surface area (Å²) in [6, 6.07) is 3.36. The Morgan fingerprint density at radius 3 is 2.38 bits per heavy atom. The van der Waals surface area contributed by atoms with Gasteiger partial charge in [-0.2, -0.15) is 0 Å². The SMILES string of the molecule is Cc1cc([C@@H](C)N)cc(Cl)c1NS(C)(=O)=O. The number of aryl methyl sites for hydroxylation is 1. The largest absolute Gasteiger partial charge is 0.324 e. The number of benzene rings is 1. The summed E-state index contributed by atoms with van der Waals surface area (Å²) in [5, 5.41) is 0.359. The van der Waals surface area contributed by atoms with Gasteiger partial charge in [0.15, 0.2) is 0 Å². The van der Waals surface area contributed by atoms with Crippen molar-refractivity contribution in [2.24, 2.45) is 5.73 Å². The normalized spacial score (nSPS) is 13.6. The summed E-state index contributed by atoms with van der Waals surface area (Å²) >= 11 is 6.00. The third-order valence-electron chi connectivity index (χ3n) is 2.12. The zero-order valence-electron chi connectivity index (χ0n) is 9.41. The van der Waals surface area contributed by atoms with Crippen LogP contribution in [-0.2, 0) is 10.0 Å². The number of sulfonamides is 1. The van der Waals surface area contributed by atoms with Gasteiger partial charge in [0.2, 0.25) is 10.0 Å². The summed E-state index contributed by atoms with van der Waals surface area (Å²) in [4.78, 5) is 0. The minimum absolute atomic E-state index is 0.136. The molecule has 0 aromatic heterocycles. The number of nitrogens with two attached hydrogens (primary N) is 1. The molecule has 0 bridgehead atoms. The van der Waals surface area contributed by atoms with Gasteiger partial charge in [0, 0.05) is 6.04 Å². The smallest absolute Gasteiger partial charge is 0.229 e. The Labute approximate surface area is 101 Å². The summed E-state index contributed by atoms with van der Waals surface area (Å²) in [7, 11) is -3.32. The van der Waals surface area contributed by atoms with Crippen LogP contribution < -0.4 is 10.5 Å². The minimum Gasteiger partial charge on any atom is -0.324 e. The van der Waals surface area contributed by atoms with Gasteiger partial charge in [-0.05, 0) is 31.0 Å². The van der Waals surface area contributed by atoms with E-state index in [1.807, 2.05) is 13.0 Å². The molecule has 90 valence electrons. The van der Waals surface area contributed by atoms with Crippen molar-refractivity contribution in [2.45, 2.75) is 19.9 Å². The average Bonchev–Trinajstić information content (AvgIpc) is 2.09. The number of hydrogen-bond donors (Lipinski definition) is 2. The molecule has 0 aliphatic rings. The first-order chi connectivity index (χ1) is 7.20. The van der Waals surface area contributed by atoms with Crippen molar-refractivity contribution in [1.82, 2.24) is 0 Å². The van der Waals surface area contributed by atoms with E-state index in [4.69, 9.17) is 17.3 Å². The van der Waals surface area contributed by atoms with Crippen LogP contribution in [0.15, 0.2) is 12.1 Å². The molecule has 0 heterocycles. The van der Waals surface area contributed by atoms with E-state index >= 15 is 0 Å². The minimum atomic E-state index is -3.32. The summed E-state index contributed by atoms with van der Waals surface area (Å²) in [6.07, 6.45) is 1.09. The highest BCUT2D eigenvalue weighted by atomic mass is 35.5. The van der Waals surface area contributed by atoms with Crippen LogP contribution in [0.2, 0.25) is 5.02 Å². The lowest BCUT2D eigenvalue weighted by molar-refractivity contribution is 0.607. The average molecular weight is 263 g/mol. The lowest BCUT2D eigenvalue weighted by atomic mass is 10.1. The first-order valence-corrected chi connectivity index (χ1v) is 7.01. The summed E-state index contributed by atoms with van der Waals surface area (Å²) in [6.45, 7) is 3.63. The highest BCUT2D eigenvalue weighted by Crippen LogP contribution is 2.29. The molecule has 0 saturated carbocycles. The summed E-state index contributed by atoms with van der Waals surface area (Å²) < 4.78 is 24.6. The Balaban J connectivity index is 3.23. The molecule has 1 aromatic rings. The van der Waals surface area contributed by atoms with Gasteiger partial charge < -0.3 is 5.73 Å². The van der Waals surface area contributed by atoms with Crippen LogP contribution in [0.25, 0.3) is 0 Å². The third kappa shape index (κ3) is 3.37.